The second-order valence-corrected chi connectivity index (χ2v) is 15.5. The first-order chi connectivity index (χ1) is 26.4. The van der Waals surface area contributed by atoms with Crippen LogP contribution in [0.2, 0.25) is 0 Å². The van der Waals surface area contributed by atoms with Crippen molar-refractivity contribution in [2.75, 3.05) is 22.9 Å². The van der Waals surface area contributed by atoms with Gasteiger partial charge in [-0.2, -0.15) is 0 Å². The molecule has 1 unspecified atom stereocenters. The molecule has 16 heteroatoms. The van der Waals surface area contributed by atoms with E-state index in [2.05, 4.69) is 25.9 Å². The number of imide groups is 2. The normalized spacial score (nSPS) is 20.5. The largest absolute Gasteiger partial charge is 0.384 e. The standard InChI is InChI=1S/C39H43N9O7/c1-22-18-26(44-29-20-28(40)41-21-42-29)36(54)48-32(22)37(55)46(39(48)15-13-38(11-12-38)14-16-39)17-5-3-2-4-6-30(49)43-23-7-8-24-25(19-23)35(53)47(34(24)52)27-9-10-31(50)45-33(27)51/h7-8,18-21,27H,2-6,9-17H2,1H3,(H,43,49)(H,45,50,51)(H3,40,41,42,44). The minimum Gasteiger partial charge on any atom is -0.384 e. The van der Waals surface area contributed by atoms with Gasteiger partial charge in [0.05, 0.1) is 11.1 Å². The number of nitrogens with two attached hydrogens (primary N) is 1. The summed E-state index contributed by atoms with van der Waals surface area (Å²) in [6.07, 6.45) is 10.2. The zero-order valence-corrected chi connectivity index (χ0v) is 30.6. The number of aromatic nitrogens is 3. The minimum absolute atomic E-state index is 0.0277. The molecule has 1 atom stereocenters. The number of fused-ring (bicyclic) bond motifs is 3. The van der Waals surface area contributed by atoms with Crippen LogP contribution in [-0.4, -0.2) is 72.4 Å². The summed E-state index contributed by atoms with van der Waals surface area (Å²) in [6.45, 7) is 2.34. The zero-order valence-electron chi connectivity index (χ0n) is 30.6. The van der Waals surface area contributed by atoms with Crippen LogP contribution in [0, 0.1) is 12.3 Å². The van der Waals surface area contributed by atoms with Crippen molar-refractivity contribution >= 4 is 58.5 Å². The fraction of sp³-hybridized carbons (Fsp3) is 0.462. The predicted octanol–water partition coefficient (Wildman–Crippen LogP) is 3.73. The monoisotopic (exact) mass is 749 g/mol. The molecule has 2 aliphatic carbocycles. The summed E-state index contributed by atoms with van der Waals surface area (Å²) < 4.78 is 1.74. The van der Waals surface area contributed by atoms with Gasteiger partial charge < -0.3 is 21.3 Å². The van der Waals surface area contributed by atoms with Crippen LogP contribution in [0.3, 0.4) is 0 Å². The lowest BCUT2D eigenvalue weighted by molar-refractivity contribution is -0.136. The molecule has 8 rings (SSSR count). The Kier molecular flexibility index (Phi) is 9.00. The quantitative estimate of drug-likeness (QED) is 0.164. The average molecular weight is 750 g/mol. The van der Waals surface area contributed by atoms with E-state index in [9.17, 15) is 33.6 Å². The molecule has 16 nitrogen and oxygen atoms in total. The van der Waals surface area contributed by atoms with E-state index in [0.717, 1.165) is 30.6 Å². The number of benzene rings is 1. The van der Waals surface area contributed by atoms with Gasteiger partial charge in [0.15, 0.2) is 0 Å². The first kappa shape index (κ1) is 36.1. The van der Waals surface area contributed by atoms with Crippen LogP contribution in [0.5, 0.6) is 0 Å². The van der Waals surface area contributed by atoms with E-state index < -0.39 is 35.3 Å². The first-order valence-electron chi connectivity index (χ1n) is 19.0. The predicted molar refractivity (Wildman–Crippen MR) is 199 cm³/mol. The van der Waals surface area contributed by atoms with Gasteiger partial charge in [0.25, 0.3) is 23.3 Å². The number of nitrogens with zero attached hydrogens (tertiary/aromatic N) is 5. The summed E-state index contributed by atoms with van der Waals surface area (Å²) in [5.41, 5.74) is 7.22. The molecule has 2 aromatic heterocycles. The van der Waals surface area contributed by atoms with E-state index in [-0.39, 0.29) is 53.6 Å². The van der Waals surface area contributed by atoms with Gasteiger partial charge >= 0.3 is 0 Å². The lowest BCUT2D eigenvalue weighted by Crippen LogP contribution is -2.54. The Morgan fingerprint density at radius 1 is 0.891 bits per heavy atom. The Balaban J connectivity index is 0.876. The lowest BCUT2D eigenvalue weighted by Gasteiger charge is -2.45. The number of amides is 6. The van der Waals surface area contributed by atoms with E-state index in [1.807, 2.05) is 11.8 Å². The van der Waals surface area contributed by atoms with Crippen molar-refractivity contribution in [2.24, 2.45) is 5.41 Å². The molecule has 0 radical (unpaired) electrons. The van der Waals surface area contributed by atoms with Gasteiger partial charge in [-0.05, 0) is 100.0 Å². The number of hydrogen-bond acceptors (Lipinski definition) is 11. The molecule has 55 heavy (non-hydrogen) atoms. The number of hydrogen-bond donors (Lipinski definition) is 4. The molecule has 3 aromatic rings. The Morgan fingerprint density at radius 3 is 2.35 bits per heavy atom. The number of carbonyl (C=O) groups is 6. The summed E-state index contributed by atoms with van der Waals surface area (Å²) in [7, 11) is 0. The number of anilines is 4. The third-order valence-corrected chi connectivity index (χ3v) is 12.0. The van der Waals surface area contributed by atoms with Crippen LogP contribution < -0.4 is 27.2 Å². The number of aryl methyl sites for hydroxylation is 1. The summed E-state index contributed by atoms with van der Waals surface area (Å²) in [6, 6.07) is 6.64. The van der Waals surface area contributed by atoms with Gasteiger partial charge in [0.1, 0.15) is 41.0 Å². The third-order valence-electron chi connectivity index (χ3n) is 12.0. The highest BCUT2D eigenvalue weighted by atomic mass is 16.2. The molecular formula is C39H43N9O7. The molecular weight excluding hydrogens is 706 g/mol. The van der Waals surface area contributed by atoms with Crippen molar-refractivity contribution in [1.82, 2.24) is 29.7 Å². The molecule has 5 aliphatic rings. The molecule has 0 bridgehead atoms. The van der Waals surface area contributed by atoms with Crippen LogP contribution in [-0.2, 0) is 20.0 Å². The summed E-state index contributed by atoms with van der Waals surface area (Å²) in [5, 5.41) is 8.09. The zero-order chi connectivity index (χ0) is 38.6. The minimum atomic E-state index is -1.07. The van der Waals surface area contributed by atoms with Crippen LogP contribution in [0.4, 0.5) is 23.0 Å². The highest BCUT2D eigenvalue weighted by Crippen LogP contribution is 2.60. The maximum atomic E-state index is 14.2. The molecule has 1 saturated heterocycles. The van der Waals surface area contributed by atoms with Gasteiger partial charge in [0, 0.05) is 31.1 Å². The second-order valence-electron chi connectivity index (χ2n) is 15.5. The van der Waals surface area contributed by atoms with Gasteiger partial charge in [-0.25, -0.2) is 9.97 Å². The lowest BCUT2D eigenvalue weighted by atomic mass is 9.78. The Morgan fingerprint density at radius 2 is 1.62 bits per heavy atom. The highest BCUT2D eigenvalue weighted by Gasteiger charge is 2.57. The second kappa shape index (κ2) is 13.7. The summed E-state index contributed by atoms with van der Waals surface area (Å²) >= 11 is 0. The maximum absolute atomic E-state index is 14.2. The molecule has 5 heterocycles. The number of piperidine rings is 1. The Hall–Kier alpha value is -5.93. The van der Waals surface area contributed by atoms with Crippen molar-refractivity contribution in [2.45, 2.75) is 102 Å². The van der Waals surface area contributed by atoms with Crippen LogP contribution >= 0.6 is 0 Å². The smallest absolute Gasteiger partial charge is 0.276 e. The van der Waals surface area contributed by atoms with Gasteiger partial charge in [-0.1, -0.05) is 12.8 Å². The average Bonchev–Trinajstić information content (AvgIpc) is 3.81. The fourth-order valence-corrected chi connectivity index (χ4v) is 8.85. The number of rotatable bonds is 11. The van der Waals surface area contributed by atoms with Crippen molar-refractivity contribution < 1.29 is 28.8 Å². The molecule has 3 aliphatic heterocycles. The molecule has 1 aromatic carbocycles. The number of carbonyl (C=O) groups excluding carboxylic acids is 6. The van der Waals surface area contributed by atoms with Gasteiger partial charge in [-0.3, -0.25) is 48.3 Å². The fourth-order valence-electron chi connectivity index (χ4n) is 8.85. The van der Waals surface area contributed by atoms with Crippen molar-refractivity contribution in [1.29, 1.82) is 0 Å². The highest BCUT2D eigenvalue weighted by molar-refractivity contribution is 6.24. The van der Waals surface area contributed by atoms with Crippen molar-refractivity contribution in [3.63, 3.8) is 0 Å². The van der Waals surface area contributed by atoms with E-state index in [0.29, 0.717) is 66.1 Å². The third kappa shape index (κ3) is 6.42. The van der Waals surface area contributed by atoms with E-state index in [4.69, 9.17) is 5.73 Å². The molecule has 5 N–H and O–H groups in total. The van der Waals surface area contributed by atoms with Crippen LogP contribution in [0.1, 0.15) is 120 Å². The number of nitrogen functional groups attached to an aromatic ring is 1. The molecule has 286 valence electrons. The first-order valence-corrected chi connectivity index (χ1v) is 19.0. The van der Waals surface area contributed by atoms with E-state index in [1.165, 1.54) is 31.3 Å². The van der Waals surface area contributed by atoms with Crippen LogP contribution in [0.25, 0.3) is 0 Å². The van der Waals surface area contributed by atoms with Crippen LogP contribution in [0.15, 0.2) is 41.5 Å². The molecule has 6 amide bonds. The number of nitrogens with one attached hydrogen (secondary N) is 3. The molecule has 2 spiro atoms. The van der Waals surface area contributed by atoms with Crippen molar-refractivity contribution in [3.8, 4) is 0 Å². The van der Waals surface area contributed by atoms with E-state index in [1.54, 1.807) is 22.8 Å². The summed E-state index contributed by atoms with van der Waals surface area (Å²) in [5.74, 6) is -2.09. The maximum Gasteiger partial charge on any atom is 0.276 e. The SMILES string of the molecule is Cc1cc(Nc2cc(N)ncn2)c(=O)n2c1C(=O)N(CCCCCCC(=O)Nc1ccc3c(c1)C(=O)N(C1CCC(=O)NC1=O)C3=O)C21CCC2(CC2)CC1. The Labute approximate surface area is 316 Å². The van der Waals surface area contributed by atoms with Gasteiger partial charge in [0.2, 0.25) is 17.7 Å². The van der Waals surface area contributed by atoms with Crippen molar-refractivity contribution in [3.05, 3.63) is 69.4 Å². The topological polar surface area (TPSA) is 219 Å². The van der Waals surface area contributed by atoms with Gasteiger partial charge in [-0.15, -0.1) is 0 Å². The number of unbranched alkanes of at least 4 members (excludes halogenated alkanes) is 3. The molecule has 2 saturated carbocycles. The Bertz CT molecular complexity index is 2220. The summed E-state index contributed by atoms with van der Waals surface area (Å²) in [4.78, 5) is 102. The number of pyridine rings is 1. The van der Waals surface area contributed by atoms with E-state index >= 15 is 0 Å². The molecule has 3 fully saturated rings.